The molecule has 2 N–H and O–H groups in total. The van der Waals surface area contributed by atoms with Crippen LogP contribution in [0.1, 0.15) is 12.8 Å². The van der Waals surface area contributed by atoms with Gasteiger partial charge in [-0.3, -0.25) is 4.79 Å². The maximum atomic E-state index is 11.1. The average molecular weight is 203 g/mol. The van der Waals surface area contributed by atoms with E-state index in [1.165, 1.54) is 0 Å². The number of carbonyl (C=O) groups excluding carboxylic acids is 1. The van der Waals surface area contributed by atoms with Crippen molar-refractivity contribution >= 4 is 5.91 Å². The van der Waals surface area contributed by atoms with Gasteiger partial charge in [0.1, 0.15) is 6.10 Å². The summed E-state index contributed by atoms with van der Waals surface area (Å²) >= 11 is 0. The van der Waals surface area contributed by atoms with E-state index >= 15 is 0 Å². The van der Waals surface area contributed by atoms with Gasteiger partial charge in [-0.25, -0.2) is 0 Å². The first-order valence-corrected chi connectivity index (χ1v) is 4.88. The van der Waals surface area contributed by atoms with Crippen molar-refractivity contribution in [1.29, 1.82) is 0 Å². The minimum Gasteiger partial charge on any atom is -0.394 e. The minimum atomic E-state index is -0.815. The quantitative estimate of drug-likeness (QED) is 0.542. The Balaban J connectivity index is 2.01. The summed E-state index contributed by atoms with van der Waals surface area (Å²) in [6.07, 6.45) is 0.751. The first kappa shape index (κ1) is 11.4. The highest BCUT2D eigenvalue weighted by molar-refractivity contribution is 5.77. The number of hydrogen-bond acceptors (Lipinski definition) is 4. The van der Waals surface area contributed by atoms with Crippen LogP contribution in [-0.2, 0) is 9.53 Å². The minimum absolute atomic E-state index is 0.124. The van der Waals surface area contributed by atoms with Gasteiger partial charge in [0, 0.05) is 19.5 Å². The fraction of sp³-hybridized carbons (Fsp3) is 0.889. The second-order valence-electron chi connectivity index (χ2n) is 3.40. The van der Waals surface area contributed by atoms with E-state index in [-0.39, 0.29) is 19.1 Å². The standard InChI is InChI=1S/C9H17NO4/c11-6-8(12)7-14-5-4-10-3-1-2-9(10)13/h8,11-12H,1-7H2. The highest BCUT2D eigenvalue weighted by Crippen LogP contribution is 2.08. The lowest BCUT2D eigenvalue weighted by molar-refractivity contribution is -0.128. The molecule has 0 aromatic rings. The molecule has 1 atom stereocenters. The second kappa shape index (κ2) is 5.95. The normalized spacial score (nSPS) is 19.0. The highest BCUT2D eigenvalue weighted by atomic mass is 16.5. The Labute approximate surface area is 83.3 Å². The monoisotopic (exact) mass is 203 g/mol. The van der Waals surface area contributed by atoms with Gasteiger partial charge in [-0.1, -0.05) is 0 Å². The van der Waals surface area contributed by atoms with Gasteiger partial charge in [0.05, 0.1) is 19.8 Å². The summed E-state index contributed by atoms with van der Waals surface area (Å²) in [5.74, 6) is 0.177. The van der Waals surface area contributed by atoms with Gasteiger partial charge in [-0.15, -0.1) is 0 Å². The third kappa shape index (κ3) is 3.61. The summed E-state index contributed by atoms with van der Waals surface area (Å²) < 4.78 is 5.09. The topological polar surface area (TPSA) is 70.0 Å². The lowest BCUT2D eigenvalue weighted by Gasteiger charge is -2.15. The van der Waals surface area contributed by atoms with Gasteiger partial charge < -0.3 is 19.8 Å². The van der Waals surface area contributed by atoms with E-state index in [1.54, 1.807) is 4.90 Å². The van der Waals surface area contributed by atoms with Gasteiger partial charge in [-0.2, -0.15) is 0 Å². The maximum absolute atomic E-state index is 11.1. The molecule has 0 saturated carbocycles. The molecule has 1 aliphatic rings. The Hall–Kier alpha value is -0.650. The molecule has 0 aromatic heterocycles. The van der Waals surface area contributed by atoms with Crippen LogP contribution in [0, 0.1) is 0 Å². The zero-order chi connectivity index (χ0) is 10.4. The van der Waals surface area contributed by atoms with Crippen LogP contribution in [0.25, 0.3) is 0 Å². The molecule has 0 radical (unpaired) electrons. The van der Waals surface area contributed by atoms with Crippen LogP contribution < -0.4 is 0 Å². The lowest BCUT2D eigenvalue weighted by atomic mass is 10.4. The SMILES string of the molecule is O=C1CCCN1CCOCC(O)CO. The summed E-state index contributed by atoms with van der Waals surface area (Å²) in [5, 5.41) is 17.4. The first-order chi connectivity index (χ1) is 6.74. The molecule has 5 nitrogen and oxygen atoms in total. The lowest BCUT2D eigenvalue weighted by Crippen LogP contribution is -2.30. The van der Waals surface area contributed by atoms with Crippen LogP contribution in [0.3, 0.4) is 0 Å². The Bertz CT molecular complexity index is 186. The number of aliphatic hydroxyl groups excluding tert-OH is 2. The smallest absolute Gasteiger partial charge is 0.222 e. The van der Waals surface area contributed by atoms with E-state index in [0.29, 0.717) is 19.6 Å². The van der Waals surface area contributed by atoms with Crippen LogP contribution in [0.4, 0.5) is 0 Å². The Kier molecular flexibility index (Phi) is 4.86. The number of aliphatic hydroxyl groups is 2. The number of hydrogen-bond donors (Lipinski definition) is 2. The van der Waals surface area contributed by atoms with Crippen molar-refractivity contribution in [2.24, 2.45) is 0 Å². The molecule has 14 heavy (non-hydrogen) atoms. The Morgan fingerprint density at radius 3 is 2.93 bits per heavy atom. The summed E-state index contributed by atoms with van der Waals surface area (Å²) in [7, 11) is 0. The van der Waals surface area contributed by atoms with Crippen LogP contribution >= 0.6 is 0 Å². The summed E-state index contributed by atoms with van der Waals surface area (Å²) in [6, 6.07) is 0. The number of carbonyl (C=O) groups is 1. The van der Waals surface area contributed by atoms with Gasteiger partial charge in [0.25, 0.3) is 0 Å². The molecule has 1 saturated heterocycles. The molecule has 0 aromatic carbocycles. The van der Waals surface area contributed by atoms with Crippen LogP contribution in [0.15, 0.2) is 0 Å². The first-order valence-electron chi connectivity index (χ1n) is 4.88. The van der Waals surface area contributed by atoms with E-state index in [2.05, 4.69) is 0 Å². The van der Waals surface area contributed by atoms with E-state index in [0.717, 1.165) is 13.0 Å². The Morgan fingerprint density at radius 2 is 2.36 bits per heavy atom. The zero-order valence-corrected chi connectivity index (χ0v) is 8.19. The predicted molar refractivity (Wildman–Crippen MR) is 49.7 cm³/mol. The van der Waals surface area contributed by atoms with Crippen molar-refractivity contribution in [3.8, 4) is 0 Å². The highest BCUT2D eigenvalue weighted by Gasteiger charge is 2.19. The van der Waals surface area contributed by atoms with Crippen molar-refractivity contribution in [1.82, 2.24) is 4.90 Å². The predicted octanol–water partition coefficient (Wildman–Crippen LogP) is -1.02. The second-order valence-corrected chi connectivity index (χ2v) is 3.40. The van der Waals surface area contributed by atoms with Crippen molar-refractivity contribution in [3.63, 3.8) is 0 Å². The largest absolute Gasteiger partial charge is 0.394 e. The molecular weight excluding hydrogens is 186 g/mol. The number of nitrogens with zero attached hydrogens (tertiary/aromatic N) is 1. The van der Waals surface area contributed by atoms with E-state index in [1.807, 2.05) is 0 Å². The fourth-order valence-electron chi connectivity index (χ4n) is 1.39. The molecule has 82 valence electrons. The van der Waals surface area contributed by atoms with Crippen molar-refractivity contribution in [3.05, 3.63) is 0 Å². The van der Waals surface area contributed by atoms with Gasteiger partial charge >= 0.3 is 0 Å². The summed E-state index contributed by atoms with van der Waals surface area (Å²) in [6.45, 7) is 1.64. The van der Waals surface area contributed by atoms with Gasteiger partial charge in [-0.05, 0) is 6.42 Å². The van der Waals surface area contributed by atoms with E-state index in [4.69, 9.17) is 14.9 Å². The third-order valence-corrected chi connectivity index (χ3v) is 2.20. The number of amides is 1. The van der Waals surface area contributed by atoms with Crippen molar-refractivity contribution in [2.45, 2.75) is 18.9 Å². The molecule has 1 unspecified atom stereocenters. The molecule has 0 bridgehead atoms. The molecular formula is C9H17NO4. The Morgan fingerprint density at radius 1 is 1.57 bits per heavy atom. The molecule has 0 spiro atoms. The third-order valence-electron chi connectivity index (χ3n) is 2.20. The fourth-order valence-corrected chi connectivity index (χ4v) is 1.39. The van der Waals surface area contributed by atoms with Gasteiger partial charge in [0.2, 0.25) is 5.91 Å². The number of rotatable bonds is 6. The molecule has 1 rings (SSSR count). The molecule has 5 heteroatoms. The molecule has 1 fully saturated rings. The van der Waals surface area contributed by atoms with Crippen LogP contribution in [-0.4, -0.2) is 60.0 Å². The molecule has 1 amide bonds. The zero-order valence-electron chi connectivity index (χ0n) is 8.19. The van der Waals surface area contributed by atoms with Crippen LogP contribution in [0.5, 0.6) is 0 Å². The number of likely N-dealkylation sites (tertiary alicyclic amines) is 1. The molecule has 0 aliphatic carbocycles. The average Bonchev–Trinajstić information content (AvgIpc) is 2.58. The molecule has 1 heterocycles. The van der Waals surface area contributed by atoms with E-state index < -0.39 is 6.10 Å². The van der Waals surface area contributed by atoms with Gasteiger partial charge in [0.15, 0.2) is 0 Å². The summed E-state index contributed by atoms with van der Waals surface area (Å²) in [5.41, 5.74) is 0. The van der Waals surface area contributed by atoms with E-state index in [9.17, 15) is 4.79 Å². The number of ether oxygens (including phenoxy) is 1. The maximum Gasteiger partial charge on any atom is 0.222 e. The molecule has 1 aliphatic heterocycles. The van der Waals surface area contributed by atoms with Crippen LogP contribution in [0.2, 0.25) is 0 Å². The summed E-state index contributed by atoms with van der Waals surface area (Å²) in [4.78, 5) is 12.9. The van der Waals surface area contributed by atoms with Crippen molar-refractivity contribution < 1.29 is 19.7 Å². The van der Waals surface area contributed by atoms with Crippen molar-refractivity contribution in [2.75, 3.05) is 32.9 Å².